The number of para-hydroxylation sites is 1. The van der Waals surface area contributed by atoms with E-state index in [2.05, 4.69) is 294 Å². The first-order valence-corrected chi connectivity index (χ1v) is 40.4. The van der Waals surface area contributed by atoms with Crippen molar-refractivity contribution < 1.29 is 8.83 Å². The molecule has 23 rings (SSSR count). The molecule has 0 amide bonds. The van der Waals surface area contributed by atoms with Crippen LogP contribution in [0.3, 0.4) is 0 Å². The largest absolute Gasteiger partial charge is 0.455 e. The van der Waals surface area contributed by atoms with Crippen LogP contribution in [0, 0.1) is 0 Å². The number of hydrogen-bond donors (Lipinski definition) is 0. The lowest BCUT2D eigenvalue weighted by Gasteiger charge is -2.11. The van der Waals surface area contributed by atoms with E-state index < -0.39 is 0 Å². The predicted octanol–water partition coefficient (Wildman–Crippen LogP) is 27.3. The van der Waals surface area contributed by atoms with Gasteiger partial charge in [0.25, 0.3) is 0 Å². The van der Waals surface area contributed by atoms with Gasteiger partial charge in [-0.2, -0.15) is 0 Å². The zero-order valence-electron chi connectivity index (χ0n) is 65.4. The molecule has 122 heavy (non-hydrogen) atoms. The van der Waals surface area contributed by atoms with Crippen molar-refractivity contribution in [1.29, 1.82) is 0 Å². The quantitative estimate of drug-likeness (QED) is 0.101. The van der Waals surface area contributed by atoms with E-state index >= 15 is 0 Å². The molecule has 0 fully saturated rings. The molecule has 0 radical (unpaired) electrons. The van der Waals surface area contributed by atoms with Gasteiger partial charge in [-0.15, -0.1) is 0 Å². The normalized spacial score (nSPS) is 11.4. The van der Waals surface area contributed by atoms with Gasteiger partial charge in [0.1, 0.15) is 34.1 Å². The Morgan fingerprint density at radius 1 is 0.213 bits per heavy atom. The molecule has 0 saturated heterocycles. The summed E-state index contributed by atoms with van der Waals surface area (Å²) in [7, 11) is 0. The zero-order valence-corrected chi connectivity index (χ0v) is 65.4. The minimum Gasteiger partial charge on any atom is -0.455 e. The number of benzene rings is 16. The minimum absolute atomic E-state index is 0.519. The van der Waals surface area contributed by atoms with Gasteiger partial charge in [0.05, 0.1) is 16.3 Å². The molecule has 7 heterocycles. The van der Waals surface area contributed by atoms with Crippen molar-refractivity contribution in [3.8, 4) is 157 Å². The van der Waals surface area contributed by atoms with Crippen molar-refractivity contribution in [2.45, 2.75) is 0 Å². The molecule has 0 aliphatic heterocycles. The Morgan fingerprint density at radius 2 is 0.598 bits per heavy atom. The lowest BCUT2D eigenvalue weighted by atomic mass is 9.95. The SMILES string of the molecule is c1ccc(-c2ccc(-c3nc(-c4ccccc4)nc(-c4cccc(-c5ccc(-c6ccc(-c7cc8cncnc8c8c7oc7ccccc78)cc6)cc5)c4)n3)cc2)cc1.c1ccc(-c2ccc(-c3nc(-c4ccccc4)nc(-c4cccc(-c5cccc(-c6ccc(-c7ccc8c(ccc9oc%10nc%11cccnc%11nc%10c98)c7)cc6)c5)c4)n3)cc2)cc1. The molecule has 0 saturated carbocycles. The highest BCUT2D eigenvalue weighted by Crippen LogP contribution is 2.43. The number of pyridine rings is 1. The first-order valence-electron chi connectivity index (χ1n) is 40.4. The molecule has 13 heteroatoms. The van der Waals surface area contributed by atoms with E-state index in [0.717, 1.165) is 171 Å². The molecule has 0 bridgehead atoms. The summed E-state index contributed by atoms with van der Waals surface area (Å²) in [6, 6.07) is 134. The summed E-state index contributed by atoms with van der Waals surface area (Å²) in [6.07, 6.45) is 5.20. The standard InChI is InChI=1S/C56H34N6O.C53H33N5O/c1-3-10-35(11-4-1)36-23-25-40(26-24-36)53-60-52(39-12-5-2-6-13-39)61-54(62-53)46-17-8-16-43(34-46)42-15-7-14-41(32-42)37-19-21-38(22-20-37)44-27-29-47-45(33-44)28-30-49-50(47)51-56(63-49)58-48-18-9-31-57-55(48)59-51;1-3-10-34(11-4-1)35-24-28-41(29-25-35)52-56-51(40-12-5-2-6-13-40)57-53(58-52)43-15-9-14-42(30-43)38-20-18-36(19-21-38)37-22-26-39(27-23-37)46-31-44-32-54-33-55-49(44)48-45-16-7-8-17-47(45)59-50(46)48/h1-34H;1-33H. The Balaban J connectivity index is 0.000000146. The lowest BCUT2D eigenvalue weighted by Crippen LogP contribution is -2.00. The van der Waals surface area contributed by atoms with Crippen molar-refractivity contribution in [3.05, 3.63) is 407 Å². The Morgan fingerprint density at radius 3 is 1.11 bits per heavy atom. The topological polar surface area (TPSA) is 168 Å². The van der Waals surface area contributed by atoms with Crippen LogP contribution in [0.1, 0.15) is 0 Å². The maximum absolute atomic E-state index is 6.45. The van der Waals surface area contributed by atoms with E-state index in [1.54, 1.807) is 12.5 Å². The van der Waals surface area contributed by atoms with Gasteiger partial charge in [0.15, 0.2) is 40.6 Å². The van der Waals surface area contributed by atoms with Crippen LogP contribution in [0.15, 0.2) is 416 Å². The summed E-state index contributed by atoms with van der Waals surface area (Å²) in [5, 5.41) is 6.17. The fraction of sp³-hybridized carbons (Fsp3) is 0. The van der Waals surface area contributed by atoms with Crippen molar-refractivity contribution in [2.75, 3.05) is 0 Å². The van der Waals surface area contributed by atoms with Crippen LogP contribution in [0.4, 0.5) is 0 Å². The van der Waals surface area contributed by atoms with Crippen LogP contribution < -0.4 is 0 Å². The first kappa shape index (κ1) is 71.7. The van der Waals surface area contributed by atoms with Crippen LogP contribution in [-0.2, 0) is 0 Å². The van der Waals surface area contributed by atoms with Crippen LogP contribution in [0.2, 0.25) is 0 Å². The highest BCUT2D eigenvalue weighted by Gasteiger charge is 2.22. The van der Waals surface area contributed by atoms with Crippen LogP contribution in [0.5, 0.6) is 0 Å². The number of hydrogen-bond acceptors (Lipinski definition) is 13. The lowest BCUT2D eigenvalue weighted by molar-refractivity contribution is 0.655. The van der Waals surface area contributed by atoms with Gasteiger partial charge in [-0.05, 0) is 149 Å². The van der Waals surface area contributed by atoms with Gasteiger partial charge in [0.2, 0.25) is 5.71 Å². The Hall–Kier alpha value is -16.8. The number of furan rings is 2. The van der Waals surface area contributed by atoms with E-state index in [1.165, 1.54) is 11.1 Å². The first-order chi connectivity index (χ1) is 60.4. The highest BCUT2D eigenvalue weighted by atomic mass is 16.3. The van der Waals surface area contributed by atoms with Gasteiger partial charge in [-0.3, -0.25) is 0 Å². The molecular formula is C109H67N11O2. The molecule has 0 atom stereocenters. The average Bonchev–Trinajstić information content (AvgIpc) is 1.59. The van der Waals surface area contributed by atoms with E-state index in [-0.39, 0.29) is 0 Å². The molecule has 0 unspecified atom stereocenters. The Kier molecular flexibility index (Phi) is 18.2. The maximum atomic E-state index is 6.45. The molecule has 0 aliphatic rings. The summed E-state index contributed by atoms with van der Waals surface area (Å²) >= 11 is 0. The van der Waals surface area contributed by atoms with Crippen molar-refractivity contribution >= 4 is 77.0 Å². The third kappa shape index (κ3) is 13.9. The fourth-order valence-electron chi connectivity index (χ4n) is 16.3. The van der Waals surface area contributed by atoms with E-state index in [0.29, 0.717) is 51.8 Å². The van der Waals surface area contributed by atoms with Crippen LogP contribution in [-0.4, -0.2) is 54.8 Å². The zero-order chi connectivity index (χ0) is 80.8. The number of rotatable bonds is 14. The molecule has 0 spiro atoms. The van der Waals surface area contributed by atoms with Crippen molar-refractivity contribution in [2.24, 2.45) is 0 Å². The van der Waals surface area contributed by atoms with Gasteiger partial charge in [0, 0.05) is 62.1 Å². The van der Waals surface area contributed by atoms with Crippen molar-refractivity contribution in [1.82, 2.24) is 54.8 Å². The minimum atomic E-state index is 0.519. The second kappa shape index (κ2) is 31.0. The van der Waals surface area contributed by atoms with Crippen LogP contribution >= 0.6 is 0 Å². The number of fused-ring (bicyclic) bond motifs is 11. The monoisotopic (exact) mass is 1560 g/mol. The van der Waals surface area contributed by atoms with Crippen molar-refractivity contribution in [3.63, 3.8) is 0 Å². The van der Waals surface area contributed by atoms with Gasteiger partial charge in [-0.25, -0.2) is 54.8 Å². The molecule has 7 aromatic heterocycles. The molecule has 0 aliphatic carbocycles. The summed E-state index contributed by atoms with van der Waals surface area (Å²) in [4.78, 5) is 52.9. The van der Waals surface area contributed by atoms with E-state index in [9.17, 15) is 0 Å². The summed E-state index contributed by atoms with van der Waals surface area (Å²) in [5.74, 6) is 3.77. The molecule has 16 aromatic carbocycles. The molecule has 570 valence electrons. The molecule has 23 aromatic rings. The summed E-state index contributed by atoms with van der Waals surface area (Å²) in [6.45, 7) is 0. The second-order valence-corrected chi connectivity index (χ2v) is 30.1. The maximum Gasteiger partial charge on any atom is 0.247 e. The van der Waals surface area contributed by atoms with E-state index in [4.69, 9.17) is 48.7 Å². The number of aromatic nitrogens is 11. The van der Waals surface area contributed by atoms with Gasteiger partial charge in [-0.1, -0.05) is 334 Å². The Bertz CT molecular complexity index is 7890. The third-order valence-corrected chi connectivity index (χ3v) is 22.5. The summed E-state index contributed by atoms with van der Waals surface area (Å²) in [5.41, 5.74) is 29.3. The Labute approximate surface area is 700 Å². The molecule has 0 N–H and O–H groups in total. The smallest absolute Gasteiger partial charge is 0.247 e. The molecular weight excluding hydrogens is 1500 g/mol. The molecule has 13 nitrogen and oxygen atoms in total. The third-order valence-electron chi connectivity index (χ3n) is 22.5. The van der Waals surface area contributed by atoms with Gasteiger partial charge < -0.3 is 8.83 Å². The number of nitrogens with zero attached hydrogens (tertiary/aromatic N) is 11. The second-order valence-electron chi connectivity index (χ2n) is 30.1. The predicted molar refractivity (Wildman–Crippen MR) is 492 cm³/mol. The van der Waals surface area contributed by atoms with Gasteiger partial charge >= 0.3 is 0 Å². The summed E-state index contributed by atoms with van der Waals surface area (Å²) < 4.78 is 12.6. The average molecular weight is 1560 g/mol. The van der Waals surface area contributed by atoms with E-state index in [1.807, 2.05) is 115 Å². The van der Waals surface area contributed by atoms with Crippen LogP contribution in [0.25, 0.3) is 234 Å². The highest BCUT2D eigenvalue weighted by molar-refractivity contribution is 6.21. The fourth-order valence-corrected chi connectivity index (χ4v) is 16.3.